The number of hydrogen-bond donors (Lipinski definition) is 2. The number of fused-ring (bicyclic) bond motifs is 1. The molecule has 1 saturated carbocycles. The molecule has 2 aliphatic heterocycles. The summed E-state index contributed by atoms with van der Waals surface area (Å²) in [5.41, 5.74) is -0.353. The van der Waals surface area contributed by atoms with Gasteiger partial charge in [0.1, 0.15) is 0 Å². The molecular weight excluding hydrogens is 633 g/mol. The number of aryl methyl sites for hydroxylation is 1. The van der Waals surface area contributed by atoms with Crippen molar-refractivity contribution in [2.75, 3.05) is 44.6 Å². The Bertz CT molecular complexity index is 1580. The highest BCUT2D eigenvalue weighted by atomic mass is 79.9. The van der Waals surface area contributed by atoms with Crippen LogP contribution in [-0.4, -0.2) is 86.1 Å². The van der Waals surface area contributed by atoms with E-state index in [0.717, 1.165) is 13.1 Å². The number of imidazole rings is 1. The van der Waals surface area contributed by atoms with Crippen LogP contribution in [0.15, 0.2) is 35.1 Å². The van der Waals surface area contributed by atoms with Gasteiger partial charge in [0.05, 0.1) is 23.0 Å². The molecule has 1 aliphatic carbocycles. The molecule has 6 rings (SSSR count). The molecule has 0 bridgehead atoms. The topological polar surface area (TPSA) is 117 Å². The molecule has 1 aromatic carbocycles. The molecule has 43 heavy (non-hydrogen) atoms. The van der Waals surface area contributed by atoms with Crippen LogP contribution in [-0.2, 0) is 24.6 Å². The van der Waals surface area contributed by atoms with Crippen LogP contribution in [0.3, 0.4) is 0 Å². The van der Waals surface area contributed by atoms with Crippen molar-refractivity contribution in [2.45, 2.75) is 19.6 Å². The molecule has 2 atom stereocenters. The quantitative estimate of drug-likeness (QED) is 0.419. The standard InChI is InChI=1S/C28H30BrF3N8O3/c1-3-40-14-19(23(36-40)28(30,31)32)21-13-34-24(37(21)2)25(41)35-15-4-5-16(20(29)10-15)26(42)38-6-8-39(9-7-38)27(43)22-17-11-33-12-18(17)22/h4-5,10,13-14,17-18,22,33H,3,6-9,11-12H2,1-2H3,(H,35,41). The zero-order valence-corrected chi connectivity index (χ0v) is 25.1. The van der Waals surface area contributed by atoms with E-state index in [0.29, 0.717) is 53.7 Å². The zero-order chi connectivity index (χ0) is 30.6. The van der Waals surface area contributed by atoms with Crippen molar-refractivity contribution in [1.82, 2.24) is 34.4 Å². The Labute approximate surface area is 253 Å². The minimum Gasteiger partial charge on any atom is -0.339 e. The van der Waals surface area contributed by atoms with Crippen molar-refractivity contribution in [3.63, 3.8) is 0 Å². The normalized spacial score (nSPS) is 21.6. The number of carbonyl (C=O) groups is 3. The molecule has 228 valence electrons. The number of nitrogens with zero attached hydrogens (tertiary/aromatic N) is 6. The summed E-state index contributed by atoms with van der Waals surface area (Å²) >= 11 is 3.43. The van der Waals surface area contributed by atoms with Gasteiger partial charge in [0.15, 0.2) is 11.5 Å². The Morgan fingerprint density at radius 3 is 2.40 bits per heavy atom. The summed E-state index contributed by atoms with van der Waals surface area (Å²) in [6.07, 6.45) is -2.19. The third kappa shape index (κ3) is 5.44. The average Bonchev–Trinajstić information content (AvgIpc) is 3.37. The van der Waals surface area contributed by atoms with Gasteiger partial charge in [0.2, 0.25) is 5.91 Å². The van der Waals surface area contributed by atoms with Gasteiger partial charge in [-0.05, 0) is 66.0 Å². The Balaban J connectivity index is 1.10. The second-order valence-corrected chi connectivity index (χ2v) is 11.9. The maximum absolute atomic E-state index is 13.6. The Hall–Kier alpha value is -3.72. The molecular formula is C28H30BrF3N8O3. The average molecular weight is 663 g/mol. The Kier molecular flexibility index (Phi) is 7.57. The summed E-state index contributed by atoms with van der Waals surface area (Å²) in [5, 5.41) is 9.63. The first-order valence-electron chi connectivity index (χ1n) is 14.0. The fraction of sp³-hybridized carbons (Fsp3) is 0.464. The minimum absolute atomic E-state index is 0.0952. The van der Waals surface area contributed by atoms with Crippen LogP contribution in [0.4, 0.5) is 18.9 Å². The molecule has 11 nitrogen and oxygen atoms in total. The van der Waals surface area contributed by atoms with Crippen LogP contribution < -0.4 is 10.6 Å². The first kappa shape index (κ1) is 29.4. The monoisotopic (exact) mass is 662 g/mol. The number of benzene rings is 1. The van der Waals surface area contributed by atoms with Crippen LogP contribution in [0.2, 0.25) is 0 Å². The van der Waals surface area contributed by atoms with E-state index in [1.165, 1.54) is 28.7 Å². The highest BCUT2D eigenvalue weighted by molar-refractivity contribution is 9.10. The van der Waals surface area contributed by atoms with E-state index >= 15 is 0 Å². The van der Waals surface area contributed by atoms with Gasteiger partial charge < -0.3 is 25.0 Å². The van der Waals surface area contributed by atoms with Gasteiger partial charge in [0.25, 0.3) is 11.8 Å². The van der Waals surface area contributed by atoms with E-state index in [1.54, 1.807) is 30.0 Å². The second-order valence-electron chi connectivity index (χ2n) is 11.0. The van der Waals surface area contributed by atoms with Gasteiger partial charge in [0, 0.05) is 62.0 Å². The smallest absolute Gasteiger partial charge is 0.339 e. The second kappa shape index (κ2) is 11.1. The van der Waals surface area contributed by atoms with Gasteiger partial charge in [-0.25, -0.2) is 4.98 Å². The van der Waals surface area contributed by atoms with Crippen LogP contribution >= 0.6 is 15.9 Å². The van der Waals surface area contributed by atoms with Crippen LogP contribution in [0, 0.1) is 17.8 Å². The molecule has 2 N–H and O–H groups in total. The molecule has 15 heteroatoms. The summed E-state index contributed by atoms with van der Waals surface area (Å²) in [4.78, 5) is 46.8. The van der Waals surface area contributed by atoms with Crippen molar-refractivity contribution >= 4 is 39.3 Å². The molecule has 3 aliphatic rings. The van der Waals surface area contributed by atoms with E-state index in [1.807, 2.05) is 4.90 Å². The molecule has 2 saturated heterocycles. The van der Waals surface area contributed by atoms with E-state index < -0.39 is 17.8 Å². The lowest BCUT2D eigenvalue weighted by Crippen LogP contribution is -2.51. The number of alkyl halides is 3. The number of aromatic nitrogens is 4. The van der Waals surface area contributed by atoms with Crippen LogP contribution in [0.5, 0.6) is 0 Å². The third-order valence-corrected chi connectivity index (χ3v) is 9.19. The van der Waals surface area contributed by atoms with Crippen molar-refractivity contribution < 1.29 is 27.6 Å². The minimum atomic E-state index is -4.67. The summed E-state index contributed by atoms with van der Waals surface area (Å²) in [5.74, 6) is 0.307. The van der Waals surface area contributed by atoms with Gasteiger partial charge in [-0.2, -0.15) is 18.3 Å². The zero-order valence-electron chi connectivity index (χ0n) is 23.5. The summed E-state index contributed by atoms with van der Waals surface area (Å²) in [6, 6.07) is 4.75. The van der Waals surface area contributed by atoms with Crippen molar-refractivity contribution in [1.29, 1.82) is 0 Å². The number of piperazine rings is 1. The molecule has 0 spiro atoms. The summed E-state index contributed by atoms with van der Waals surface area (Å²) in [7, 11) is 1.46. The lowest BCUT2D eigenvalue weighted by molar-refractivity contribution is -0.141. The van der Waals surface area contributed by atoms with Crippen LogP contribution in [0.1, 0.15) is 33.6 Å². The highest BCUT2D eigenvalue weighted by Gasteiger charge is 2.58. The van der Waals surface area contributed by atoms with Gasteiger partial charge >= 0.3 is 6.18 Å². The number of carbonyl (C=O) groups excluding carboxylic acids is 3. The summed E-state index contributed by atoms with van der Waals surface area (Å²) in [6.45, 7) is 5.59. The van der Waals surface area contributed by atoms with Crippen molar-refractivity contribution in [3.8, 4) is 11.3 Å². The van der Waals surface area contributed by atoms with Crippen molar-refractivity contribution in [2.24, 2.45) is 24.8 Å². The fourth-order valence-electron chi connectivity index (χ4n) is 6.10. The number of anilines is 1. The maximum Gasteiger partial charge on any atom is 0.435 e. The number of rotatable bonds is 6. The molecule has 2 aromatic heterocycles. The Morgan fingerprint density at radius 1 is 1.09 bits per heavy atom. The molecule has 4 heterocycles. The Morgan fingerprint density at radius 2 is 1.77 bits per heavy atom. The van der Waals surface area contributed by atoms with E-state index in [4.69, 9.17) is 0 Å². The highest BCUT2D eigenvalue weighted by Crippen LogP contribution is 2.49. The number of halogens is 4. The van der Waals surface area contributed by atoms with E-state index in [-0.39, 0.29) is 41.4 Å². The van der Waals surface area contributed by atoms with Gasteiger partial charge in [-0.3, -0.25) is 19.1 Å². The first-order valence-corrected chi connectivity index (χ1v) is 14.8. The lowest BCUT2D eigenvalue weighted by atomic mass is 10.1. The predicted molar refractivity (Wildman–Crippen MR) is 153 cm³/mol. The predicted octanol–water partition coefficient (Wildman–Crippen LogP) is 3.09. The van der Waals surface area contributed by atoms with Gasteiger partial charge in [-0.15, -0.1) is 0 Å². The van der Waals surface area contributed by atoms with Crippen molar-refractivity contribution in [3.05, 3.63) is 52.1 Å². The first-order chi connectivity index (χ1) is 20.5. The van der Waals surface area contributed by atoms with Crippen LogP contribution in [0.25, 0.3) is 11.3 Å². The molecule has 0 radical (unpaired) electrons. The molecule has 3 fully saturated rings. The number of piperidine rings is 1. The van der Waals surface area contributed by atoms with E-state index in [2.05, 4.69) is 36.6 Å². The number of amides is 3. The SMILES string of the molecule is CCn1cc(-c2cnc(C(=O)Nc3ccc(C(=O)N4CCN(C(=O)C5C6CNCC65)CC4)c(Br)c3)n2C)c(C(F)(F)F)n1. The molecule has 3 amide bonds. The lowest BCUT2D eigenvalue weighted by Gasteiger charge is -2.35. The molecule has 3 aromatic rings. The third-order valence-electron chi connectivity index (χ3n) is 8.53. The number of nitrogens with one attached hydrogen (secondary N) is 2. The van der Waals surface area contributed by atoms with E-state index in [9.17, 15) is 27.6 Å². The summed E-state index contributed by atoms with van der Waals surface area (Å²) < 4.78 is 43.7. The fourth-order valence-corrected chi connectivity index (χ4v) is 6.65. The number of hydrogen-bond acceptors (Lipinski definition) is 6. The maximum atomic E-state index is 13.6. The largest absolute Gasteiger partial charge is 0.435 e. The van der Waals surface area contributed by atoms with Gasteiger partial charge in [-0.1, -0.05) is 0 Å². The molecule has 2 unspecified atom stereocenters.